The Kier molecular flexibility index (Phi) is 7.40. The van der Waals surface area contributed by atoms with Gasteiger partial charge in [-0.2, -0.15) is 4.31 Å². The Labute approximate surface area is 199 Å². The van der Waals surface area contributed by atoms with Crippen molar-refractivity contribution in [3.63, 3.8) is 0 Å². The van der Waals surface area contributed by atoms with Crippen LogP contribution in [0.15, 0.2) is 83.8 Å². The third-order valence-corrected chi connectivity index (χ3v) is 7.70. The Morgan fingerprint density at radius 2 is 1.41 bits per heavy atom. The molecule has 2 N–H and O–H groups in total. The number of carbonyl (C=O) groups excluding carboxylic acids is 2. The van der Waals surface area contributed by atoms with E-state index in [9.17, 15) is 18.0 Å². The first kappa shape index (κ1) is 23.7. The quantitative estimate of drug-likeness (QED) is 0.537. The van der Waals surface area contributed by atoms with E-state index in [-0.39, 0.29) is 23.3 Å². The van der Waals surface area contributed by atoms with Crippen LogP contribution in [0.3, 0.4) is 0 Å². The van der Waals surface area contributed by atoms with E-state index in [1.807, 2.05) is 6.07 Å². The summed E-state index contributed by atoms with van der Waals surface area (Å²) < 4.78 is 27.1. The number of benzene rings is 3. The first-order valence-electron chi connectivity index (χ1n) is 11.3. The molecule has 2 amide bonds. The Balaban J connectivity index is 1.40. The van der Waals surface area contributed by atoms with Gasteiger partial charge in [0.05, 0.1) is 16.1 Å². The second-order valence-electron chi connectivity index (χ2n) is 8.16. The summed E-state index contributed by atoms with van der Waals surface area (Å²) in [4.78, 5) is 25.6. The molecule has 0 radical (unpaired) electrons. The minimum Gasteiger partial charge on any atom is -0.348 e. The van der Waals surface area contributed by atoms with Crippen LogP contribution in [-0.2, 0) is 16.6 Å². The topological polar surface area (TPSA) is 95.6 Å². The smallest absolute Gasteiger partial charge is 0.255 e. The minimum absolute atomic E-state index is 0.226. The third kappa shape index (κ3) is 5.52. The molecule has 3 aromatic rings. The summed E-state index contributed by atoms with van der Waals surface area (Å²) in [6.07, 6.45) is 2.83. The van der Waals surface area contributed by atoms with Crippen LogP contribution in [0.5, 0.6) is 0 Å². The molecular weight excluding hydrogens is 450 g/mol. The van der Waals surface area contributed by atoms with Gasteiger partial charge < -0.3 is 10.6 Å². The number of amides is 2. The molecule has 176 valence electrons. The van der Waals surface area contributed by atoms with E-state index < -0.39 is 10.0 Å². The normalized spacial score (nSPS) is 14.4. The predicted molar refractivity (Wildman–Crippen MR) is 131 cm³/mol. The number of piperidine rings is 1. The fourth-order valence-electron chi connectivity index (χ4n) is 3.89. The van der Waals surface area contributed by atoms with Gasteiger partial charge in [-0.05, 0) is 54.8 Å². The third-order valence-electron chi connectivity index (χ3n) is 5.79. The van der Waals surface area contributed by atoms with E-state index in [0.717, 1.165) is 24.8 Å². The molecular formula is C26H27N3O4S. The van der Waals surface area contributed by atoms with E-state index in [1.54, 1.807) is 72.8 Å². The van der Waals surface area contributed by atoms with E-state index >= 15 is 0 Å². The summed E-state index contributed by atoms with van der Waals surface area (Å²) in [5.41, 5.74) is 2.03. The van der Waals surface area contributed by atoms with Crippen LogP contribution in [-0.4, -0.2) is 37.6 Å². The second kappa shape index (κ2) is 10.6. The summed E-state index contributed by atoms with van der Waals surface area (Å²) in [6.45, 7) is 1.34. The highest BCUT2D eigenvalue weighted by Crippen LogP contribution is 2.21. The number of hydrogen-bond donors (Lipinski definition) is 2. The van der Waals surface area contributed by atoms with E-state index in [2.05, 4.69) is 10.6 Å². The zero-order valence-electron chi connectivity index (χ0n) is 18.7. The van der Waals surface area contributed by atoms with Crippen molar-refractivity contribution >= 4 is 27.5 Å². The Bertz CT molecular complexity index is 1250. The van der Waals surface area contributed by atoms with Crippen molar-refractivity contribution in [2.24, 2.45) is 0 Å². The first-order chi connectivity index (χ1) is 16.4. The molecule has 7 nitrogen and oxygen atoms in total. The van der Waals surface area contributed by atoms with Crippen molar-refractivity contribution in [2.75, 3.05) is 18.4 Å². The van der Waals surface area contributed by atoms with Crippen molar-refractivity contribution in [3.05, 3.63) is 95.6 Å². The Hall–Kier alpha value is -3.49. The molecule has 1 aliphatic heterocycles. The van der Waals surface area contributed by atoms with Gasteiger partial charge in [-0.15, -0.1) is 0 Å². The number of sulfonamides is 1. The van der Waals surface area contributed by atoms with Crippen molar-refractivity contribution in [2.45, 2.75) is 30.7 Å². The van der Waals surface area contributed by atoms with Crippen LogP contribution < -0.4 is 10.6 Å². The minimum atomic E-state index is -3.49. The molecule has 0 unspecified atom stereocenters. The highest BCUT2D eigenvalue weighted by atomic mass is 32.2. The molecule has 0 bridgehead atoms. The summed E-state index contributed by atoms with van der Waals surface area (Å²) >= 11 is 0. The maximum atomic E-state index is 12.8. The molecule has 1 aliphatic rings. The second-order valence-corrected chi connectivity index (χ2v) is 10.1. The highest BCUT2D eigenvalue weighted by Gasteiger charge is 2.25. The standard InChI is InChI=1S/C26H27N3O4S/c30-25(21-9-3-1-4-10-21)28-24-12-6-5-11-23(24)26(31)27-19-20-13-15-22(16-14-20)34(32,33)29-17-7-2-8-18-29/h1,3-6,9-16H,2,7-8,17-19H2,(H,27,31)(H,28,30). The van der Waals surface area contributed by atoms with Gasteiger partial charge in [-0.1, -0.05) is 48.9 Å². The molecule has 1 heterocycles. The number of rotatable bonds is 7. The van der Waals surface area contributed by atoms with Crippen molar-refractivity contribution in [1.29, 1.82) is 0 Å². The predicted octanol–water partition coefficient (Wildman–Crippen LogP) is 4.04. The van der Waals surface area contributed by atoms with E-state index in [1.165, 1.54) is 4.31 Å². The van der Waals surface area contributed by atoms with Gasteiger partial charge in [-0.3, -0.25) is 9.59 Å². The molecule has 0 atom stereocenters. The van der Waals surface area contributed by atoms with Gasteiger partial charge in [0, 0.05) is 25.2 Å². The molecule has 1 fully saturated rings. The van der Waals surface area contributed by atoms with Crippen LogP contribution in [0.4, 0.5) is 5.69 Å². The van der Waals surface area contributed by atoms with Crippen LogP contribution in [0, 0.1) is 0 Å². The largest absolute Gasteiger partial charge is 0.348 e. The number of para-hydroxylation sites is 1. The number of nitrogens with zero attached hydrogens (tertiary/aromatic N) is 1. The molecule has 0 spiro atoms. The van der Waals surface area contributed by atoms with Crippen LogP contribution in [0.1, 0.15) is 45.5 Å². The summed E-state index contributed by atoms with van der Waals surface area (Å²) in [6, 6.07) is 22.2. The maximum absolute atomic E-state index is 12.8. The number of anilines is 1. The molecule has 1 saturated heterocycles. The van der Waals surface area contributed by atoms with Gasteiger partial charge in [0.1, 0.15) is 0 Å². The lowest BCUT2D eigenvalue weighted by atomic mass is 10.1. The first-order valence-corrected chi connectivity index (χ1v) is 12.7. The van der Waals surface area contributed by atoms with Gasteiger partial charge in [0.15, 0.2) is 0 Å². The Morgan fingerprint density at radius 1 is 0.765 bits per heavy atom. The summed E-state index contributed by atoms with van der Waals surface area (Å²) in [5.74, 6) is -0.639. The lowest BCUT2D eigenvalue weighted by molar-refractivity contribution is 0.0951. The summed E-state index contributed by atoms with van der Waals surface area (Å²) in [5, 5.41) is 5.63. The lowest BCUT2D eigenvalue weighted by Crippen LogP contribution is -2.35. The number of carbonyl (C=O) groups is 2. The molecule has 0 aliphatic carbocycles. The van der Waals surface area contributed by atoms with Crippen LogP contribution >= 0.6 is 0 Å². The number of hydrogen-bond acceptors (Lipinski definition) is 4. The van der Waals surface area contributed by atoms with Gasteiger partial charge >= 0.3 is 0 Å². The van der Waals surface area contributed by atoms with Crippen molar-refractivity contribution in [3.8, 4) is 0 Å². The molecule has 4 rings (SSSR count). The maximum Gasteiger partial charge on any atom is 0.255 e. The molecule has 8 heteroatoms. The average Bonchev–Trinajstić information content (AvgIpc) is 2.89. The van der Waals surface area contributed by atoms with Crippen molar-refractivity contribution in [1.82, 2.24) is 9.62 Å². The van der Waals surface area contributed by atoms with Gasteiger partial charge in [-0.25, -0.2) is 8.42 Å². The molecule has 0 saturated carbocycles. The van der Waals surface area contributed by atoms with E-state index in [0.29, 0.717) is 29.9 Å². The van der Waals surface area contributed by atoms with Crippen molar-refractivity contribution < 1.29 is 18.0 Å². The van der Waals surface area contributed by atoms with Gasteiger partial charge in [0.2, 0.25) is 10.0 Å². The average molecular weight is 478 g/mol. The molecule has 3 aromatic carbocycles. The number of nitrogens with one attached hydrogen (secondary N) is 2. The molecule has 34 heavy (non-hydrogen) atoms. The Morgan fingerprint density at radius 3 is 2.12 bits per heavy atom. The fourth-order valence-corrected chi connectivity index (χ4v) is 5.40. The summed E-state index contributed by atoms with van der Waals surface area (Å²) in [7, 11) is -3.49. The monoisotopic (exact) mass is 477 g/mol. The zero-order chi connectivity index (χ0) is 24.0. The van der Waals surface area contributed by atoms with Gasteiger partial charge in [0.25, 0.3) is 11.8 Å². The zero-order valence-corrected chi connectivity index (χ0v) is 19.6. The molecule has 0 aromatic heterocycles. The van der Waals surface area contributed by atoms with Crippen LogP contribution in [0.25, 0.3) is 0 Å². The van der Waals surface area contributed by atoms with E-state index in [4.69, 9.17) is 0 Å². The fraction of sp³-hybridized carbons (Fsp3) is 0.231. The lowest BCUT2D eigenvalue weighted by Gasteiger charge is -2.25. The van der Waals surface area contributed by atoms with Crippen LogP contribution in [0.2, 0.25) is 0 Å². The SMILES string of the molecule is O=C(Nc1ccccc1C(=O)NCc1ccc(S(=O)(=O)N2CCCCC2)cc1)c1ccccc1. The highest BCUT2D eigenvalue weighted by molar-refractivity contribution is 7.89.